The van der Waals surface area contributed by atoms with Gasteiger partial charge in [-0.3, -0.25) is 9.59 Å². The third-order valence-electron chi connectivity index (χ3n) is 3.61. The predicted octanol–water partition coefficient (Wildman–Crippen LogP) is 2.44. The highest BCUT2D eigenvalue weighted by Crippen LogP contribution is 2.37. The fourth-order valence-corrected chi connectivity index (χ4v) is 2.62. The van der Waals surface area contributed by atoms with Gasteiger partial charge in [-0.2, -0.15) is 0 Å². The minimum atomic E-state index is -0.865. The number of furan rings is 1. The van der Waals surface area contributed by atoms with Crippen LogP contribution in [-0.2, 0) is 9.59 Å². The van der Waals surface area contributed by atoms with Gasteiger partial charge < -0.3 is 14.4 Å². The average Bonchev–Trinajstić information content (AvgIpc) is 2.90. The lowest BCUT2D eigenvalue weighted by molar-refractivity contribution is -0.152. The molecule has 1 aliphatic rings. The normalized spacial score (nSPS) is 23.6. The predicted molar refractivity (Wildman–Crippen MR) is 68.4 cm³/mol. The van der Waals surface area contributed by atoms with Gasteiger partial charge in [-0.25, -0.2) is 0 Å². The smallest absolute Gasteiger partial charge is 0.309 e. The van der Waals surface area contributed by atoms with E-state index in [-0.39, 0.29) is 5.91 Å². The van der Waals surface area contributed by atoms with Gasteiger partial charge in [-0.05, 0) is 25.0 Å². The Morgan fingerprint density at radius 3 is 2.95 bits per heavy atom. The number of aliphatic carboxylic acids is 1. The Hall–Kier alpha value is -1.78. The highest BCUT2D eigenvalue weighted by molar-refractivity contribution is 5.81. The van der Waals surface area contributed by atoms with Crippen LogP contribution >= 0.6 is 0 Å². The van der Waals surface area contributed by atoms with E-state index in [9.17, 15) is 14.7 Å². The van der Waals surface area contributed by atoms with E-state index >= 15 is 0 Å². The number of unbranched alkanes of at least 4 members (excludes halogenated alkanes) is 1. The molecule has 104 valence electrons. The van der Waals surface area contributed by atoms with E-state index in [1.54, 1.807) is 17.0 Å². The zero-order chi connectivity index (χ0) is 13.8. The summed E-state index contributed by atoms with van der Waals surface area (Å²) < 4.78 is 5.35. The van der Waals surface area contributed by atoms with Gasteiger partial charge in [0, 0.05) is 13.0 Å². The second-order valence-electron chi connectivity index (χ2n) is 4.88. The summed E-state index contributed by atoms with van der Waals surface area (Å²) in [4.78, 5) is 25.1. The maximum atomic E-state index is 12.1. The van der Waals surface area contributed by atoms with Gasteiger partial charge in [0.25, 0.3) is 0 Å². The first-order valence-electron chi connectivity index (χ1n) is 6.70. The Balaban J connectivity index is 2.29. The average molecular weight is 265 g/mol. The molecule has 1 fully saturated rings. The fraction of sp³-hybridized carbons (Fsp3) is 0.571. The van der Waals surface area contributed by atoms with Crippen molar-refractivity contribution in [1.82, 2.24) is 4.90 Å². The SMILES string of the molecule is CCCCN1C(=O)CC[C@H](C(=O)O)[C@H]1c1ccco1. The van der Waals surface area contributed by atoms with Crippen molar-refractivity contribution < 1.29 is 19.1 Å². The van der Waals surface area contributed by atoms with Gasteiger partial charge in [0.15, 0.2) is 0 Å². The molecule has 0 aromatic carbocycles. The molecule has 1 N–H and O–H groups in total. The number of carboxylic acids is 1. The summed E-state index contributed by atoms with van der Waals surface area (Å²) in [6.45, 7) is 2.63. The van der Waals surface area contributed by atoms with Crippen LogP contribution in [0.2, 0.25) is 0 Å². The molecule has 5 nitrogen and oxygen atoms in total. The molecule has 1 saturated heterocycles. The molecule has 19 heavy (non-hydrogen) atoms. The van der Waals surface area contributed by atoms with Crippen LogP contribution in [0.15, 0.2) is 22.8 Å². The number of rotatable bonds is 5. The van der Waals surface area contributed by atoms with Gasteiger partial charge in [0.1, 0.15) is 11.8 Å². The van der Waals surface area contributed by atoms with Crippen molar-refractivity contribution in [1.29, 1.82) is 0 Å². The highest BCUT2D eigenvalue weighted by Gasteiger charge is 2.41. The van der Waals surface area contributed by atoms with Crippen LogP contribution in [0.4, 0.5) is 0 Å². The topological polar surface area (TPSA) is 70.8 Å². The summed E-state index contributed by atoms with van der Waals surface area (Å²) in [5, 5.41) is 9.36. The van der Waals surface area contributed by atoms with Crippen LogP contribution < -0.4 is 0 Å². The van der Waals surface area contributed by atoms with E-state index in [4.69, 9.17) is 4.42 Å². The minimum Gasteiger partial charge on any atom is -0.481 e. The molecule has 5 heteroatoms. The molecule has 0 spiro atoms. The quantitative estimate of drug-likeness (QED) is 0.887. The van der Waals surface area contributed by atoms with E-state index in [0.717, 1.165) is 12.8 Å². The van der Waals surface area contributed by atoms with Gasteiger partial charge in [0.2, 0.25) is 5.91 Å². The van der Waals surface area contributed by atoms with Crippen molar-refractivity contribution in [2.24, 2.45) is 5.92 Å². The summed E-state index contributed by atoms with van der Waals surface area (Å²) in [6.07, 6.45) is 4.03. The van der Waals surface area contributed by atoms with Gasteiger partial charge in [0.05, 0.1) is 12.2 Å². The van der Waals surface area contributed by atoms with Crippen molar-refractivity contribution in [3.05, 3.63) is 24.2 Å². The van der Waals surface area contributed by atoms with Crippen LogP contribution in [0.1, 0.15) is 44.4 Å². The Kier molecular flexibility index (Phi) is 4.24. The molecule has 1 aliphatic heterocycles. The first-order valence-corrected chi connectivity index (χ1v) is 6.70. The lowest BCUT2D eigenvalue weighted by Gasteiger charge is -2.38. The first kappa shape index (κ1) is 13.6. The second-order valence-corrected chi connectivity index (χ2v) is 4.88. The number of piperidine rings is 1. The number of hydrogen-bond donors (Lipinski definition) is 1. The van der Waals surface area contributed by atoms with Crippen LogP contribution in [0, 0.1) is 5.92 Å². The van der Waals surface area contributed by atoms with Gasteiger partial charge in [-0.1, -0.05) is 13.3 Å². The van der Waals surface area contributed by atoms with E-state index < -0.39 is 17.9 Å². The standard InChI is InChI=1S/C14H19NO4/c1-2-3-8-15-12(16)7-6-10(14(17)18)13(15)11-5-4-9-19-11/h4-5,9-10,13H,2-3,6-8H2,1H3,(H,17,18)/t10-,13-/m0/s1. The molecule has 0 radical (unpaired) electrons. The van der Waals surface area contributed by atoms with E-state index in [1.807, 2.05) is 6.92 Å². The number of amides is 1. The van der Waals surface area contributed by atoms with Crippen molar-refractivity contribution in [3.8, 4) is 0 Å². The monoisotopic (exact) mass is 265 g/mol. The number of nitrogens with zero attached hydrogens (tertiary/aromatic N) is 1. The first-order chi connectivity index (χ1) is 9.15. The number of likely N-dealkylation sites (tertiary alicyclic amines) is 1. The molecule has 0 bridgehead atoms. The molecule has 1 amide bonds. The van der Waals surface area contributed by atoms with Crippen LogP contribution in [-0.4, -0.2) is 28.4 Å². The van der Waals surface area contributed by atoms with Crippen LogP contribution in [0.25, 0.3) is 0 Å². The lowest BCUT2D eigenvalue weighted by Crippen LogP contribution is -2.45. The molecule has 0 saturated carbocycles. The number of hydrogen-bond acceptors (Lipinski definition) is 3. The van der Waals surface area contributed by atoms with Gasteiger partial charge >= 0.3 is 5.97 Å². The maximum Gasteiger partial charge on any atom is 0.309 e. The van der Waals surface area contributed by atoms with Crippen LogP contribution in [0.3, 0.4) is 0 Å². The number of carbonyl (C=O) groups is 2. The summed E-state index contributed by atoms with van der Waals surface area (Å²) in [5.74, 6) is -0.861. The Morgan fingerprint density at radius 2 is 2.37 bits per heavy atom. The van der Waals surface area contributed by atoms with Crippen molar-refractivity contribution >= 4 is 11.9 Å². The van der Waals surface area contributed by atoms with Crippen LogP contribution in [0.5, 0.6) is 0 Å². The summed E-state index contributed by atoms with van der Waals surface area (Å²) >= 11 is 0. The molecule has 0 aliphatic carbocycles. The summed E-state index contributed by atoms with van der Waals surface area (Å²) in [5.41, 5.74) is 0. The van der Waals surface area contributed by atoms with E-state index in [2.05, 4.69) is 0 Å². The Labute approximate surface area is 112 Å². The number of carbonyl (C=O) groups excluding carboxylic acids is 1. The Morgan fingerprint density at radius 1 is 1.58 bits per heavy atom. The van der Waals surface area contributed by atoms with E-state index in [1.165, 1.54) is 6.26 Å². The molecular formula is C14H19NO4. The lowest BCUT2D eigenvalue weighted by atomic mass is 9.87. The maximum absolute atomic E-state index is 12.1. The summed E-state index contributed by atoms with van der Waals surface area (Å²) in [6, 6.07) is 3.00. The molecule has 2 heterocycles. The minimum absolute atomic E-state index is 0.0207. The molecule has 0 unspecified atom stereocenters. The van der Waals surface area contributed by atoms with Crippen molar-refractivity contribution in [2.75, 3.05) is 6.54 Å². The zero-order valence-corrected chi connectivity index (χ0v) is 11.0. The number of carboxylic acid groups (broad SMARTS) is 1. The highest BCUT2D eigenvalue weighted by atomic mass is 16.4. The largest absolute Gasteiger partial charge is 0.481 e. The molecule has 1 aromatic rings. The van der Waals surface area contributed by atoms with Gasteiger partial charge in [-0.15, -0.1) is 0 Å². The molecular weight excluding hydrogens is 246 g/mol. The summed E-state index contributed by atoms with van der Waals surface area (Å²) in [7, 11) is 0. The van der Waals surface area contributed by atoms with Crippen molar-refractivity contribution in [2.45, 2.75) is 38.6 Å². The Bertz CT molecular complexity index is 440. The molecule has 2 rings (SSSR count). The van der Waals surface area contributed by atoms with Crippen molar-refractivity contribution in [3.63, 3.8) is 0 Å². The molecule has 1 aromatic heterocycles. The third-order valence-corrected chi connectivity index (χ3v) is 3.61. The molecule has 2 atom stereocenters. The zero-order valence-electron chi connectivity index (χ0n) is 11.0. The van der Waals surface area contributed by atoms with E-state index in [0.29, 0.717) is 25.1 Å². The third kappa shape index (κ3) is 2.80. The second kappa shape index (κ2) is 5.91. The fourth-order valence-electron chi connectivity index (χ4n) is 2.62.